The highest BCUT2D eigenvalue weighted by Crippen LogP contribution is 2.33. The summed E-state index contributed by atoms with van der Waals surface area (Å²) in [6.45, 7) is 11.5. The molecule has 4 heterocycles. The van der Waals surface area contributed by atoms with Gasteiger partial charge in [-0.05, 0) is 44.2 Å². The van der Waals surface area contributed by atoms with Gasteiger partial charge >= 0.3 is 5.97 Å². The van der Waals surface area contributed by atoms with Crippen LogP contribution in [0, 0.1) is 6.92 Å². The average Bonchev–Trinajstić information content (AvgIpc) is 3.36. The SMILES string of the molecule is CCN1CCN(C(C)c2c(C)c(C(=O)O)cc3c(-c4ccn[nH]4)ccn23)CC1. The van der Waals surface area contributed by atoms with Crippen LogP contribution in [0.3, 0.4) is 0 Å². The zero-order chi connectivity index (χ0) is 19.8. The fraction of sp³-hybridized carbons (Fsp3) is 0.429. The van der Waals surface area contributed by atoms with Gasteiger partial charge in [-0.15, -0.1) is 0 Å². The van der Waals surface area contributed by atoms with Crippen LogP contribution >= 0.6 is 0 Å². The number of carboxylic acid groups (broad SMARTS) is 1. The number of fused-ring (bicyclic) bond motifs is 1. The Morgan fingerprint density at radius 3 is 2.64 bits per heavy atom. The number of rotatable bonds is 5. The van der Waals surface area contributed by atoms with Gasteiger partial charge < -0.3 is 14.4 Å². The lowest BCUT2D eigenvalue weighted by atomic mass is 10.00. The molecular weight excluding hydrogens is 354 g/mol. The van der Waals surface area contributed by atoms with E-state index in [1.54, 1.807) is 12.3 Å². The van der Waals surface area contributed by atoms with Gasteiger partial charge in [0.15, 0.2) is 0 Å². The average molecular weight is 381 g/mol. The minimum absolute atomic E-state index is 0.128. The molecule has 0 aromatic carbocycles. The number of hydrogen-bond acceptors (Lipinski definition) is 4. The Morgan fingerprint density at radius 2 is 2.04 bits per heavy atom. The van der Waals surface area contributed by atoms with E-state index in [-0.39, 0.29) is 6.04 Å². The smallest absolute Gasteiger partial charge is 0.336 e. The number of likely N-dealkylation sites (N-methyl/N-ethyl adjacent to an activating group) is 1. The van der Waals surface area contributed by atoms with Crippen LogP contribution in [0.15, 0.2) is 30.6 Å². The summed E-state index contributed by atoms with van der Waals surface area (Å²) in [7, 11) is 0. The van der Waals surface area contributed by atoms with Crippen LogP contribution in [0.25, 0.3) is 16.8 Å². The molecule has 1 atom stereocenters. The van der Waals surface area contributed by atoms with E-state index in [4.69, 9.17) is 0 Å². The van der Waals surface area contributed by atoms with Crippen molar-refractivity contribution in [2.45, 2.75) is 26.8 Å². The fourth-order valence-electron chi connectivity index (χ4n) is 4.38. The minimum Gasteiger partial charge on any atom is -0.478 e. The van der Waals surface area contributed by atoms with Crippen LogP contribution in [0.1, 0.15) is 41.5 Å². The first kappa shape index (κ1) is 18.7. The zero-order valence-electron chi connectivity index (χ0n) is 16.6. The van der Waals surface area contributed by atoms with E-state index < -0.39 is 5.97 Å². The summed E-state index contributed by atoms with van der Waals surface area (Å²) in [5, 5.41) is 16.9. The third-order valence-electron chi connectivity index (χ3n) is 6.07. The summed E-state index contributed by atoms with van der Waals surface area (Å²) in [5.74, 6) is -0.888. The lowest BCUT2D eigenvalue weighted by Crippen LogP contribution is -2.47. The van der Waals surface area contributed by atoms with Gasteiger partial charge in [-0.1, -0.05) is 6.92 Å². The predicted molar refractivity (Wildman–Crippen MR) is 109 cm³/mol. The molecule has 1 unspecified atom stereocenters. The van der Waals surface area contributed by atoms with Crippen LogP contribution in [0.4, 0.5) is 0 Å². The number of pyridine rings is 1. The Kier molecular flexibility index (Phi) is 4.95. The lowest BCUT2D eigenvalue weighted by molar-refractivity contribution is 0.0695. The number of hydrogen-bond donors (Lipinski definition) is 2. The molecule has 0 spiro atoms. The van der Waals surface area contributed by atoms with Gasteiger partial charge in [-0.25, -0.2) is 4.79 Å². The van der Waals surface area contributed by atoms with Crippen LogP contribution in [0.2, 0.25) is 0 Å². The molecule has 1 aliphatic heterocycles. The number of nitrogens with one attached hydrogen (secondary N) is 1. The van der Waals surface area contributed by atoms with Crippen molar-refractivity contribution in [3.8, 4) is 11.3 Å². The first-order valence-corrected chi connectivity index (χ1v) is 9.85. The first-order valence-electron chi connectivity index (χ1n) is 9.85. The van der Waals surface area contributed by atoms with Gasteiger partial charge in [-0.3, -0.25) is 10.00 Å². The van der Waals surface area contributed by atoms with E-state index in [9.17, 15) is 9.90 Å². The molecule has 4 rings (SSSR count). The normalized spacial score (nSPS) is 17.2. The fourth-order valence-corrected chi connectivity index (χ4v) is 4.38. The molecule has 3 aromatic heterocycles. The van der Waals surface area contributed by atoms with E-state index in [0.29, 0.717) is 5.56 Å². The maximum Gasteiger partial charge on any atom is 0.336 e. The lowest BCUT2D eigenvalue weighted by Gasteiger charge is -2.38. The van der Waals surface area contributed by atoms with Crippen molar-refractivity contribution < 1.29 is 9.90 Å². The van der Waals surface area contributed by atoms with Crippen molar-refractivity contribution in [3.05, 3.63) is 47.4 Å². The monoisotopic (exact) mass is 381 g/mol. The Balaban J connectivity index is 1.82. The minimum atomic E-state index is -0.888. The molecule has 28 heavy (non-hydrogen) atoms. The van der Waals surface area contributed by atoms with Crippen molar-refractivity contribution >= 4 is 11.5 Å². The highest BCUT2D eigenvalue weighted by molar-refractivity contribution is 5.93. The van der Waals surface area contributed by atoms with Crippen LogP contribution in [-0.2, 0) is 0 Å². The summed E-state index contributed by atoms with van der Waals surface area (Å²) in [6, 6.07) is 5.84. The molecule has 0 bridgehead atoms. The second kappa shape index (κ2) is 7.41. The number of aromatic amines is 1. The van der Waals surface area contributed by atoms with Crippen molar-refractivity contribution in [1.82, 2.24) is 24.4 Å². The predicted octanol–water partition coefficient (Wildman–Crippen LogP) is 3.03. The molecule has 3 aromatic rings. The van der Waals surface area contributed by atoms with Gasteiger partial charge in [-0.2, -0.15) is 5.10 Å². The molecule has 0 amide bonds. The van der Waals surface area contributed by atoms with Crippen LogP contribution in [-0.4, -0.2) is 68.2 Å². The van der Waals surface area contributed by atoms with E-state index in [1.807, 2.05) is 25.3 Å². The highest BCUT2D eigenvalue weighted by Gasteiger charge is 2.27. The van der Waals surface area contributed by atoms with Gasteiger partial charge in [0.1, 0.15) is 0 Å². The standard InChI is InChI=1S/C21H27N5O2/c1-4-24-9-11-25(12-10-24)15(3)20-14(2)17(21(27)28)13-19-16(6-8-26(19)20)18-5-7-22-23-18/h5-8,13,15H,4,9-12H2,1-3H3,(H,22,23)(H,27,28). The number of carboxylic acids is 1. The largest absolute Gasteiger partial charge is 0.478 e. The number of aromatic nitrogens is 3. The Bertz CT molecular complexity index is 984. The second-order valence-corrected chi connectivity index (χ2v) is 7.47. The summed E-state index contributed by atoms with van der Waals surface area (Å²) in [5.41, 5.74) is 4.98. The highest BCUT2D eigenvalue weighted by atomic mass is 16.4. The van der Waals surface area contributed by atoms with Crippen LogP contribution in [0.5, 0.6) is 0 Å². The maximum absolute atomic E-state index is 12.0. The Labute approximate surface area is 164 Å². The van der Waals surface area contributed by atoms with E-state index in [1.165, 1.54) is 0 Å². The van der Waals surface area contributed by atoms with Gasteiger partial charge in [0.25, 0.3) is 0 Å². The van der Waals surface area contributed by atoms with E-state index in [2.05, 4.69) is 38.2 Å². The zero-order valence-corrected chi connectivity index (χ0v) is 16.6. The molecule has 0 radical (unpaired) electrons. The molecule has 0 aliphatic carbocycles. The summed E-state index contributed by atoms with van der Waals surface area (Å²) >= 11 is 0. The van der Waals surface area contributed by atoms with Crippen molar-refractivity contribution in [2.75, 3.05) is 32.7 Å². The number of piperazine rings is 1. The Hall–Kier alpha value is -2.64. The topological polar surface area (TPSA) is 76.9 Å². The number of H-pyrrole nitrogens is 1. The molecular formula is C21H27N5O2. The first-order chi connectivity index (χ1) is 13.5. The van der Waals surface area contributed by atoms with Crippen molar-refractivity contribution in [1.29, 1.82) is 0 Å². The molecule has 148 valence electrons. The Morgan fingerprint density at radius 1 is 1.29 bits per heavy atom. The molecule has 7 nitrogen and oxygen atoms in total. The van der Waals surface area contributed by atoms with E-state index in [0.717, 1.165) is 60.8 Å². The molecule has 7 heteroatoms. The summed E-state index contributed by atoms with van der Waals surface area (Å²) in [4.78, 5) is 16.9. The molecule has 1 fully saturated rings. The van der Waals surface area contributed by atoms with Gasteiger partial charge in [0.2, 0.25) is 0 Å². The molecule has 1 aliphatic rings. The molecule has 0 saturated carbocycles. The quantitative estimate of drug-likeness (QED) is 0.710. The third kappa shape index (κ3) is 3.10. The number of nitrogens with zero attached hydrogens (tertiary/aromatic N) is 4. The summed E-state index contributed by atoms with van der Waals surface area (Å²) < 4.78 is 2.15. The molecule has 2 N–H and O–H groups in total. The second-order valence-electron chi connectivity index (χ2n) is 7.47. The van der Waals surface area contributed by atoms with E-state index >= 15 is 0 Å². The third-order valence-corrected chi connectivity index (χ3v) is 6.07. The number of aromatic carboxylic acids is 1. The van der Waals surface area contributed by atoms with Crippen molar-refractivity contribution in [2.24, 2.45) is 0 Å². The van der Waals surface area contributed by atoms with Crippen LogP contribution < -0.4 is 0 Å². The summed E-state index contributed by atoms with van der Waals surface area (Å²) in [6.07, 6.45) is 3.75. The molecule has 1 saturated heterocycles. The van der Waals surface area contributed by atoms with Crippen molar-refractivity contribution in [3.63, 3.8) is 0 Å². The van der Waals surface area contributed by atoms with Gasteiger partial charge in [0.05, 0.1) is 16.8 Å². The number of carbonyl (C=O) groups is 1. The van der Waals surface area contributed by atoms with Gasteiger partial charge in [0, 0.05) is 55.9 Å². The maximum atomic E-state index is 12.0.